The Balaban J connectivity index is 1.88. The number of hydrogen-bond donors (Lipinski definition) is 1. The smallest absolute Gasteiger partial charge is 0.277 e. The quantitative estimate of drug-likeness (QED) is 0.770. The molecule has 4 nitrogen and oxygen atoms in total. The number of fused-ring (bicyclic) bond motifs is 2. The van der Waals surface area contributed by atoms with E-state index in [9.17, 15) is 4.79 Å². The number of nitrogens with zero attached hydrogens (tertiary/aromatic N) is 2. The Bertz CT molecular complexity index is 661. The van der Waals surface area contributed by atoms with Crippen molar-refractivity contribution in [2.75, 3.05) is 0 Å². The first kappa shape index (κ1) is 10.4. The van der Waals surface area contributed by atoms with E-state index in [1.807, 2.05) is 6.07 Å². The second-order valence-corrected chi connectivity index (χ2v) is 5.90. The number of rotatable bonds is 0. The van der Waals surface area contributed by atoms with E-state index < -0.39 is 0 Å². The standard InChI is InChI=1S/C14H17N3O/c18-13-10-3-7-14(5-1-2-6-14)9-11(10)16-12-4-8-15-17(12)13/h4,8,16H,1-3,5-7,9H2. The molecule has 1 saturated carbocycles. The summed E-state index contributed by atoms with van der Waals surface area (Å²) >= 11 is 0. The molecule has 2 aromatic rings. The third-order valence-corrected chi connectivity index (χ3v) is 4.86. The minimum absolute atomic E-state index is 0.0802. The average molecular weight is 243 g/mol. The van der Waals surface area contributed by atoms with Crippen LogP contribution in [0.15, 0.2) is 17.1 Å². The van der Waals surface area contributed by atoms with Gasteiger partial charge < -0.3 is 4.98 Å². The molecule has 1 fully saturated rings. The normalized spacial score (nSPS) is 21.6. The van der Waals surface area contributed by atoms with E-state index in [0.29, 0.717) is 5.41 Å². The maximum atomic E-state index is 12.3. The zero-order valence-electron chi connectivity index (χ0n) is 10.4. The first-order chi connectivity index (χ1) is 8.77. The molecule has 0 bridgehead atoms. The minimum atomic E-state index is 0.0802. The van der Waals surface area contributed by atoms with Gasteiger partial charge in [-0.05, 0) is 37.5 Å². The summed E-state index contributed by atoms with van der Waals surface area (Å²) < 4.78 is 1.49. The molecule has 0 saturated heterocycles. The van der Waals surface area contributed by atoms with E-state index in [4.69, 9.17) is 0 Å². The maximum Gasteiger partial charge on any atom is 0.277 e. The van der Waals surface area contributed by atoms with Crippen molar-refractivity contribution in [3.8, 4) is 0 Å². The third-order valence-electron chi connectivity index (χ3n) is 4.86. The van der Waals surface area contributed by atoms with Crippen LogP contribution in [0, 0.1) is 5.41 Å². The second-order valence-electron chi connectivity index (χ2n) is 5.90. The molecule has 94 valence electrons. The third kappa shape index (κ3) is 1.32. The Kier molecular flexibility index (Phi) is 1.99. The number of aromatic amines is 1. The van der Waals surface area contributed by atoms with Gasteiger partial charge in [-0.2, -0.15) is 9.61 Å². The molecule has 0 radical (unpaired) electrons. The van der Waals surface area contributed by atoms with E-state index in [1.54, 1.807) is 6.20 Å². The summed E-state index contributed by atoms with van der Waals surface area (Å²) in [6.45, 7) is 0. The van der Waals surface area contributed by atoms with E-state index in [-0.39, 0.29) is 5.56 Å². The topological polar surface area (TPSA) is 50.2 Å². The van der Waals surface area contributed by atoms with Crippen LogP contribution in [-0.4, -0.2) is 14.6 Å². The first-order valence-corrected chi connectivity index (χ1v) is 6.85. The highest BCUT2D eigenvalue weighted by atomic mass is 16.1. The largest absolute Gasteiger partial charge is 0.343 e. The first-order valence-electron chi connectivity index (χ1n) is 6.85. The van der Waals surface area contributed by atoms with Crippen LogP contribution in [0.4, 0.5) is 0 Å². The summed E-state index contributed by atoms with van der Waals surface area (Å²) in [6.07, 6.45) is 10.2. The predicted molar refractivity (Wildman–Crippen MR) is 68.7 cm³/mol. The van der Waals surface area contributed by atoms with Crippen LogP contribution < -0.4 is 5.56 Å². The summed E-state index contributed by atoms with van der Waals surface area (Å²) in [5.41, 5.74) is 3.52. The van der Waals surface area contributed by atoms with Crippen LogP contribution >= 0.6 is 0 Å². The molecule has 0 aliphatic heterocycles. The van der Waals surface area contributed by atoms with E-state index >= 15 is 0 Å². The molecule has 0 unspecified atom stereocenters. The molecule has 2 heterocycles. The molecular weight excluding hydrogens is 226 g/mol. The van der Waals surface area contributed by atoms with Gasteiger partial charge in [0, 0.05) is 17.3 Å². The van der Waals surface area contributed by atoms with Gasteiger partial charge in [0.25, 0.3) is 5.56 Å². The van der Waals surface area contributed by atoms with Crippen molar-refractivity contribution in [2.24, 2.45) is 5.41 Å². The summed E-state index contributed by atoms with van der Waals surface area (Å²) in [6, 6.07) is 1.87. The van der Waals surface area contributed by atoms with Crippen LogP contribution in [0.1, 0.15) is 43.4 Å². The highest BCUT2D eigenvalue weighted by molar-refractivity contribution is 5.40. The molecule has 4 rings (SSSR count). The summed E-state index contributed by atoms with van der Waals surface area (Å²) in [5, 5.41) is 4.09. The molecule has 1 spiro atoms. The zero-order valence-corrected chi connectivity index (χ0v) is 10.4. The van der Waals surface area contributed by atoms with E-state index in [1.165, 1.54) is 42.3 Å². The average Bonchev–Trinajstić information content (AvgIpc) is 2.99. The van der Waals surface area contributed by atoms with Crippen molar-refractivity contribution >= 4 is 5.65 Å². The fraction of sp³-hybridized carbons (Fsp3) is 0.571. The fourth-order valence-electron chi connectivity index (χ4n) is 3.86. The van der Waals surface area contributed by atoms with Crippen LogP contribution in [0.3, 0.4) is 0 Å². The Morgan fingerprint density at radius 2 is 2.11 bits per heavy atom. The van der Waals surface area contributed by atoms with Crippen LogP contribution in [0.2, 0.25) is 0 Å². The Labute approximate surface area is 105 Å². The van der Waals surface area contributed by atoms with Gasteiger partial charge in [0.2, 0.25) is 0 Å². The van der Waals surface area contributed by atoms with Gasteiger partial charge in [0.05, 0.1) is 6.20 Å². The van der Waals surface area contributed by atoms with Gasteiger partial charge >= 0.3 is 0 Å². The van der Waals surface area contributed by atoms with Crippen LogP contribution in [0.5, 0.6) is 0 Å². The Hall–Kier alpha value is -1.58. The highest BCUT2D eigenvalue weighted by Crippen LogP contribution is 2.46. The number of aromatic nitrogens is 3. The number of hydrogen-bond acceptors (Lipinski definition) is 2. The van der Waals surface area contributed by atoms with Crippen molar-refractivity contribution in [3.05, 3.63) is 33.9 Å². The van der Waals surface area contributed by atoms with E-state index in [2.05, 4.69) is 10.1 Å². The van der Waals surface area contributed by atoms with Crippen molar-refractivity contribution in [2.45, 2.75) is 44.9 Å². The lowest BCUT2D eigenvalue weighted by molar-refractivity contribution is 0.250. The monoisotopic (exact) mass is 243 g/mol. The maximum absolute atomic E-state index is 12.3. The number of H-pyrrole nitrogens is 1. The molecule has 0 amide bonds. The van der Waals surface area contributed by atoms with Gasteiger partial charge in [-0.25, -0.2) is 0 Å². The lowest BCUT2D eigenvalue weighted by atomic mass is 9.72. The second kappa shape index (κ2) is 3.46. The van der Waals surface area contributed by atoms with Gasteiger partial charge in [-0.3, -0.25) is 4.79 Å². The molecule has 18 heavy (non-hydrogen) atoms. The van der Waals surface area contributed by atoms with Crippen molar-refractivity contribution in [1.82, 2.24) is 14.6 Å². The van der Waals surface area contributed by atoms with Gasteiger partial charge in [-0.1, -0.05) is 12.8 Å². The summed E-state index contributed by atoms with van der Waals surface area (Å²) in [7, 11) is 0. The SMILES string of the molecule is O=c1c2c([nH]c3ccnn13)CC1(CCCC1)CC2. The molecule has 0 aromatic carbocycles. The summed E-state index contributed by atoms with van der Waals surface area (Å²) in [4.78, 5) is 15.7. The van der Waals surface area contributed by atoms with Crippen molar-refractivity contribution < 1.29 is 0 Å². The van der Waals surface area contributed by atoms with Crippen LogP contribution in [0.25, 0.3) is 5.65 Å². The molecule has 0 atom stereocenters. The minimum Gasteiger partial charge on any atom is -0.343 e. The van der Waals surface area contributed by atoms with Crippen molar-refractivity contribution in [3.63, 3.8) is 0 Å². The van der Waals surface area contributed by atoms with Crippen molar-refractivity contribution in [1.29, 1.82) is 0 Å². The Morgan fingerprint density at radius 3 is 2.94 bits per heavy atom. The lowest BCUT2D eigenvalue weighted by Crippen LogP contribution is -2.32. The van der Waals surface area contributed by atoms with E-state index in [0.717, 1.165) is 24.1 Å². The molecule has 2 aliphatic carbocycles. The highest BCUT2D eigenvalue weighted by Gasteiger charge is 2.38. The fourth-order valence-corrected chi connectivity index (χ4v) is 3.86. The van der Waals surface area contributed by atoms with Gasteiger partial charge in [0.15, 0.2) is 0 Å². The molecule has 2 aliphatic rings. The Morgan fingerprint density at radius 1 is 1.28 bits per heavy atom. The molecular formula is C14H17N3O. The molecule has 4 heteroatoms. The van der Waals surface area contributed by atoms with Gasteiger partial charge in [0.1, 0.15) is 5.65 Å². The predicted octanol–water partition coefficient (Wildman–Crippen LogP) is 2.07. The zero-order chi connectivity index (χ0) is 12.2. The number of nitrogens with one attached hydrogen (secondary N) is 1. The molecule has 1 N–H and O–H groups in total. The van der Waals surface area contributed by atoms with Crippen LogP contribution in [-0.2, 0) is 12.8 Å². The van der Waals surface area contributed by atoms with Gasteiger partial charge in [-0.15, -0.1) is 0 Å². The lowest BCUT2D eigenvalue weighted by Gasteiger charge is -2.34. The molecule has 2 aromatic heterocycles. The summed E-state index contributed by atoms with van der Waals surface area (Å²) in [5.74, 6) is 0.